The zero-order valence-electron chi connectivity index (χ0n) is 21.1. The molecule has 7 nitrogen and oxygen atoms in total. The number of amides is 1. The number of ether oxygens (including phenoxy) is 1. The third kappa shape index (κ3) is 7.55. The van der Waals surface area contributed by atoms with E-state index in [0.717, 1.165) is 16.8 Å². The molecule has 0 radical (unpaired) electrons. The number of benzene rings is 3. The molecule has 0 bridgehead atoms. The summed E-state index contributed by atoms with van der Waals surface area (Å²) in [4.78, 5) is 13.3. The fourth-order valence-electron chi connectivity index (χ4n) is 3.31. The molecule has 0 saturated carbocycles. The van der Waals surface area contributed by atoms with Gasteiger partial charge in [-0.25, -0.2) is 0 Å². The predicted octanol–water partition coefficient (Wildman–Crippen LogP) is 6.26. The number of nitrogens with zero attached hydrogens (tertiary/aromatic N) is 2. The van der Waals surface area contributed by atoms with E-state index in [9.17, 15) is 13.2 Å². The molecule has 1 heterocycles. The first-order valence-electron chi connectivity index (χ1n) is 11.4. The van der Waals surface area contributed by atoms with Crippen LogP contribution in [-0.4, -0.2) is 28.4 Å². The van der Waals surface area contributed by atoms with Crippen molar-refractivity contribution < 1.29 is 22.4 Å². The Morgan fingerprint density at radius 3 is 2.19 bits per heavy atom. The summed E-state index contributed by atoms with van der Waals surface area (Å²) in [6, 6.07) is 25.5. The highest BCUT2D eigenvalue weighted by molar-refractivity contribution is 7.62. The van der Waals surface area contributed by atoms with Gasteiger partial charge >= 0.3 is 16.4 Å². The van der Waals surface area contributed by atoms with Crippen molar-refractivity contribution in [3.63, 3.8) is 0 Å². The van der Waals surface area contributed by atoms with Crippen LogP contribution in [-0.2, 0) is 22.5 Å². The molecule has 0 aliphatic carbocycles. The minimum absolute atomic E-state index is 0.0925. The average Bonchev–Trinajstić information content (AvgIpc) is 3.27. The van der Waals surface area contributed by atoms with Crippen LogP contribution in [0.5, 0.6) is 5.75 Å². The van der Waals surface area contributed by atoms with Crippen molar-refractivity contribution in [1.29, 1.82) is 0 Å². The molecule has 1 aromatic heterocycles. The minimum Gasteiger partial charge on any atom is -0.489 e. The highest BCUT2D eigenvalue weighted by Gasteiger charge is 2.13. The third-order valence-corrected chi connectivity index (χ3v) is 5.67. The fraction of sp³-hybridized carbons (Fsp3) is 0.250. The summed E-state index contributed by atoms with van der Waals surface area (Å²) in [5.41, 5.74) is 4.14. The average molecular weight is 507 g/mol. The zero-order valence-corrected chi connectivity index (χ0v) is 21.9. The molecule has 0 saturated heterocycles. The maximum absolute atomic E-state index is 11.4. The van der Waals surface area contributed by atoms with Gasteiger partial charge in [0.2, 0.25) is 0 Å². The molecule has 188 valence electrons. The Balaban J connectivity index is 0.000000201. The van der Waals surface area contributed by atoms with E-state index in [-0.39, 0.29) is 11.2 Å². The molecule has 4 aromatic rings. The maximum atomic E-state index is 11.4. The summed E-state index contributed by atoms with van der Waals surface area (Å²) in [7, 11) is 0.990. The van der Waals surface area contributed by atoms with Crippen LogP contribution in [0.25, 0.3) is 11.0 Å². The Labute approximate surface area is 213 Å². The topological polar surface area (TPSA) is 89.2 Å². The number of hydrogen-bond donors (Lipinski definition) is 0. The first kappa shape index (κ1) is 26.7. The van der Waals surface area contributed by atoms with E-state index >= 15 is 0 Å². The van der Waals surface area contributed by atoms with Gasteiger partial charge in [0, 0.05) is 31.2 Å². The van der Waals surface area contributed by atoms with E-state index < -0.39 is 16.4 Å². The van der Waals surface area contributed by atoms with Crippen LogP contribution < -0.4 is 9.64 Å². The lowest BCUT2D eigenvalue weighted by Crippen LogP contribution is -2.10. The summed E-state index contributed by atoms with van der Waals surface area (Å²) >= 11 is 0. The van der Waals surface area contributed by atoms with Gasteiger partial charge in [0.15, 0.2) is 5.76 Å². The van der Waals surface area contributed by atoms with Gasteiger partial charge < -0.3 is 14.1 Å². The molecule has 8 heteroatoms. The summed E-state index contributed by atoms with van der Waals surface area (Å²) in [6.45, 7) is 7.27. The smallest absolute Gasteiger partial charge is 0.327 e. The highest BCUT2D eigenvalue weighted by Crippen LogP contribution is 2.25. The van der Waals surface area contributed by atoms with Crippen molar-refractivity contribution in [2.75, 3.05) is 19.0 Å². The Hall–Kier alpha value is -3.91. The monoisotopic (exact) mass is 506 g/mol. The van der Waals surface area contributed by atoms with E-state index in [4.69, 9.17) is 9.15 Å². The zero-order chi connectivity index (χ0) is 26.3. The van der Waals surface area contributed by atoms with Crippen molar-refractivity contribution in [3.05, 3.63) is 95.7 Å². The van der Waals surface area contributed by atoms with Gasteiger partial charge in [-0.1, -0.05) is 67.6 Å². The minimum atomic E-state index is -2.77. The van der Waals surface area contributed by atoms with Gasteiger partial charge in [0.25, 0.3) is 0 Å². The Bertz CT molecular complexity index is 1440. The van der Waals surface area contributed by atoms with Crippen LogP contribution >= 0.6 is 0 Å². The molecule has 1 amide bonds. The number of rotatable bonds is 5. The standard InChI is InChI=1S/C17H20O.C11H10N2O4S/c1-17(2,3)15-9-11-16(12-10-15)18-13-14-7-5-4-6-8-14;1-13(2)8-4-3-7-5-10(17-9(7)6-8)11(14)12-18(15)16/h4-12H,13H2,1-3H3;3-6H,1-2H3. The van der Waals surface area contributed by atoms with Crippen molar-refractivity contribution in [3.8, 4) is 5.75 Å². The van der Waals surface area contributed by atoms with Crippen LogP contribution in [0.3, 0.4) is 0 Å². The van der Waals surface area contributed by atoms with Gasteiger partial charge in [0.05, 0.1) is 0 Å². The van der Waals surface area contributed by atoms with Crippen LogP contribution in [0.4, 0.5) is 5.69 Å². The number of carbonyl (C=O) groups excluding carboxylic acids is 1. The second-order valence-electron chi connectivity index (χ2n) is 9.39. The normalized spacial score (nSPS) is 10.8. The van der Waals surface area contributed by atoms with E-state index in [2.05, 4.69) is 49.4 Å². The fourth-order valence-corrected chi connectivity index (χ4v) is 3.53. The molecule has 0 unspecified atom stereocenters. The number of carbonyl (C=O) groups is 1. The lowest BCUT2D eigenvalue weighted by atomic mass is 9.87. The van der Waals surface area contributed by atoms with E-state index in [1.54, 1.807) is 12.1 Å². The Kier molecular flexibility index (Phi) is 8.66. The van der Waals surface area contributed by atoms with E-state index in [1.165, 1.54) is 17.2 Å². The molecule has 0 aliphatic rings. The lowest BCUT2D eigenvalue weighted by molar-refractivity contribution is 0.0981. The summed E-state index contributed by atoms with van der Waals surface area (Å²) in [5.74, 6) is -0.0807. The summed E-state index contributed by atoms with van der Waals surface area (Å²) in [6.07, 6.45) is 0. The largest absolute Gasteiger partial charge is 0.489 e. The molecule has 0 spiro atoms. The molecule has 0 aliphatic heterocycles. The lowest BCUT2D eigenvalue weighted by Gasteiger charge is -2.19. The van der Waals surface area contributed by atoms with E-state index in [1.807, 2.05) is 55.4 Å². The second-order valence-corrected chi connectivity index (χ2v) is 10.0. The van der Waals surface area contributed by atoms with Crippen LogP contribution in [0.1, 0.15) is 42.5 Å². The van der Waals surface area contributed by atoms with Gasteiger partial charge in [-0.3, -0.25) is 4.79 Å². The molecule has 0 atom stereocenters. The SMILES string of the molecule is CC(C)(C)c1ccc(OCc2ccccc2)cc1.CN(C)c1ccc2cc(C(=O)N=S(=O)=O)oc2c1. The second kappa shape index (κ2) is 11.7. The summed E-state index contributed by atoms with van der Waals surface area (Å²) in [5, 5.41) is 0.718. The van der Waals surface area contributed by atoms with Crippen molar-refractivity contribution in [2.45, 2.75) is 32.8 Å². The molecule has 3 aromatic carbocycles. The first-order valence-corrected chi connectivity index (χ1v) is 12.4. The predicted molar refractivity (Wildman–Crippen MR) is 142 cm³/mol. The third-order valence-electron chi connectivity index (χ3n) is 5.36. The van der Waals surface area contributed by atoms with Gasteiger partial charge in [0.1, 0.15) is 17.9 Å². The molecular formula is C28H30N2O5S. The van der Waals surface area contributed by atoms with Crippen molar-refractivity contribution in [1.82, 2.24) is 0 Å². The van der Waals surface area contributed by atoms with Gasteiger partial charge in [-0.05, 0) is 46.9 Å². The quantitative estimate of drug-likeness (QED) is 0.317. The number of fused-ring (bicyclic) bond motifs is 1. The van der Waals surface area contributed by atoms with Gasteiger partial charge in [-0.2, -0.15) is 8.42 Å². The maximum Gasteiger partial charge on any atom is 0.327 e. The number of furan rings is 1. The van der Waals surface area contributed by atoms with Crippen LogP contribution in [0.15, 0.2) is 87.6 Å². The van der Waals surface area contributed by atoms with Crippen molar-refractivity contribution >= 4 is 33.1 Å². The molecule has 0 fully saturated rings. The Morgan fingerprint density at radius 2 is 1.61 bits per heavy atom. The molecular weight excluding hydrogens is 476 g/mol. The van der Waals surface area contributed by atoms with Crippen LogP contribution in [0, 0.1) is 0 Å². The van der Waals surface area contributed by atoms with Crippen molar-refractivity contribution in [2.24, 2.45) is 4.36 Å². The number of anilines is 1. The van der Waals surface area contributed by atoms with Gasteiger partial charge in [-0.15, -0.1) is 0 Å². The highest BCUT2D eigenvalue weighted by atomic mass is 32.2. The van der Waals surface area contributed by atoms with E-state index in [0.29, 0.717) is 12.2 Å². The summed E-state index contributed by atoms with van der Waals surface area (Å²) < 4.78 is 34.5. The Morgan fingerprint density at radius 1 is 0.944 bits per heavy atom. The number of hydrogen-bond acceptors (Lipinski definition) is 6. The first-order chi connectivity index (χ1) is 17.0. The molecule has 4 rings (SSSR count). The molecule has 36 heavy (non-hydrogen) atoms. The van der Waals surface area contributed by atoms with Crippen LogP contribution in [0.2, 0.25) is 0 Å². The molecule has 0 N–H and O–H groups in total.